The molecule has 0 bridgehead atoms. The molecule has 0 saturated carbocycles. The van der Waals surface area contributed by atoms with E-state index in [1.54, 1.807) is 34.1 Å². The fraction of sp³-hybridized carbons (Fsp3) is 0.263. The van der Waals surface area contributed by atoms with Gasteiger partial charge in [-0.1, -0.05) is 28.1 Å². The lowest BCUT2D eigenvalue weighted by Crippen LogP contribution is -2.51. The second-order valence-electron chi connectivity index (χ2n) is 5.98. The number of hydrogen-bond acceptors (Lipinski definition) is 2. The average molecular weight is 405 g/mol. The minimum Gasteiger partial charge on any atom is -0.339 e. The Morgan fingerprint density at radius 2 is 1.44 bits per heavy atom. The molecular weight excluding hydrogens is 387 g/mol. The fourth-order valence-corrected chi connectivity index (χ4v) is 3.09. The SMILES string of the molecule is O=C(Cc1ccc(F)cc1)N1CCN(C(=O)c2ccc(Br)cc2)CC1. The molecule has 0 aliphatic carbocycles. The summed E-state index contributed by atoms with van der Waals surface area (Å²) in [6.45, 7) is 2.07. The van der Waals surface area contributed by atoms with Gasteiger partial charge < -0.3 is 9.80 Å². The number of nitrogens with zero attached hydrogens (tertiary/aromatic N) is 2. The zero-order valence-corrected chi connectivity index (χ0v) is 15.2. The molecule has 130 valence electrons. The van der Waals surface area contributed by atoms with Gasteiger partial charge in [-0.15, -0.1) is 0 Å². The van der Waals surface area contributed by atoms with E-state index in [4.69, 9.17) is 0 Å². The van der Waals surface area contributed by atoms with Crippen molar-refractivity contribution in [2.75, 3.05) is 26.2 Å². The fourth-order valence-electron chi connectivity index (χ4n) is 2.82. The average Bonchev–Trinajstić information content (AvgIpc) is 2.64. The van der Waals surface area contributed by atoms with Gasteiger partial charge in [-0.25, -0.2) is 4.39 Å². The Kier molecular flexibility index (Phi) is 5.48. The minimum absolute atomic E-state index is 0.00217. The first kappa shape index (κ1) is 17.6. The minimum atomic E-state index is -0.309. The van der Waals surface area contributed by atoms with Crippen LogP contribution in [0.4, 0.5) is 4.39 Å². The maximum atomic E-state index is 12.9. The van der Waals surface area contributed by atoms with Gasteiger partial charge in [0.05, 0.1) is 6.42 Å². The first-order chi connectivity index (χ1) is 12.0. The molecule has 1 aliphatic heterocycles. The molecule has 6 heteroatoms. The van der Waals surface area contributed by atoms with E-state index in [9.17, 15) is 14.0 Å². The molecule has 2 amide bonds. The summed E-state index contributed by atoms with van der Waals surface area (Å²) in [6, 6.07) is 13.2. The van der Waals surface area contributed by atoms with E-state index in [1.807, 2.05) is 12.1 Å². The van der Waals surface area contributed by atoms with Crippen molar-refractivity contribution in [1.29, 1.82) is 0 Å². The van der Waals surface area contributed by atoms with Gasteiger partial charge in [0.15, 0.2) is 0 Å². The molecule has 3 rings (SSSR count). The van der Waals surface area contributed by atoms with Crippen LogP contribution in [0.1, 0.15) is 15.9 Å². The van der Waals surface area contributed by atoms with Crippen LogP contribution in [0.15, 0.2) is 53.0 Å². The zero-order valence-electron chi connectivity index (χ0n) is 13.6. The lowest BCUT2D eigenvalue weighted by molar-refractivity contribution is -0.131. The van der Waals surface area contributed by atoms with Crippen molar-refractivity contribution < 1.29 is 14.0 Å². The Balaban J connectivity index is 1.54. The molecular formula is C19H18BrFN2O2. The monoisotopic (exact) mass is 404 g/mol. The largest absolute Gasteiger partial charge is 0.339 e. The lowest BCUT2D eigenvalue weighted by Gasteiger charge is -2.35. The van der Waals surface area contributed by atoms with Crippen molar-refractivity contribution in [3.63, 3.8) is 0 Å². The Morgan fingerprint density at radius 3 is 2.04 bits per heavy atom. The van der Waals surface area contributed by atoms with Crippen LogP contribution in [0.3, 0.4) is 0 Å². The highest BCUT2D eigenvalue weighted by atomic mass is 79.9. The topological polar surface area (TPSA) is 40.6 Å². The first-order valence-electron chi connectivity index (χ1n) is 8.10. The van der Waals surface area contributed by atoms with E-state index in [-0.39, 0.29) is 24.1 Å². The van der Waals surface area contributed by atoms with Crippen molar-refractivity contribution in [2.24, 2.45) is 0 Å². The number of halogens is 2. The Bertz CT molecular complexity index is 754. The summed E-state index contributed by atoms with van der Waals surface area (Å²) in [5, 5.41) is 0. The molecule has 0 aromatic heterocycles. The van der Waals surface area contributed by atoms with Gasteiger partial charge in [-0.3, -0.25) is 9.59 Å². The highest BCUT2D eigenvalue weighted by molar-refractivity contribution is 9.10. The molecule has 0 spiro atoms. The van der Waals surface area contributed by atoms with Gasteiger partial charge >= 0.3 is 0 Å². The van der Waals surface area contributed by atoms with Crippen LogP contribution >= 0.6 is 15.9 Å². The van der Waals surface area contributed by atoms with Gasteiger partial charge in [-0.2, -0.15) is 0 Å². The van der Waals surface area contributed by atoms with Crippen LogP contribution in [0.25, 0.3) is 0 Å². The van der Waals surface area contributed by atoms with Crippen molar-refractivity contribution in [2.45, 2.75) is 6.42 Å². The molecule has 25 heavy (non-hydrogen) atoms. The quantitative estimate of drug-likeness (QED) is 0.788. The molecule has 1 fully saturated rings. The van der Waals surface area contributed by atoms with E-state index in [2.05, 4.69) is 15.9 Å². The smallest absolute Gasteiger partial charge is 0.253 e. The van der Waals surface area contributed by atoms with Gasteiger partial charge in [-0.05, 0) is 42.0 Å². The van der Waals surface area contributed by atoms with Crippen LogP contribution < -0.4 is 0 Å². The number of amides is 2. The maximum absolute atomic E-state index is 12.9. The molecule has 1 heterocycles. The van der Waals surface area contributed by atoms with Crippen LogP contribution in [0.5, 0.6) is 0 Å². The normalized spacial score (nSPS) is 14.5. The number of hydrogen-bond donors (Lipinski definition) is 0. The third-order valence-electron chi connectivity index (χ3n) is 4.28. The summed E-state index contributed by atoms with van der Waals surface area (Å²) < 4.78 is 13.9. The van der Waals surface area contributed by atoms with Crippen molar-refractivity contribution in [3.05, 3.63) is 69.9 Å². The van der Waals surface area contributed by atoms with Crippen molar-refractivity contribution in [3.8, 4) is 0 Å². The zero-order chi connectivity index (χ0) is 17.8. The Labute approximate surface area is 154 Å². The number of carbonyl (C=O) groups excluding carboxylic acids is 2. The van der Waals surface area contributed by atoms with E-state index in [0.717, 1.165) is 10.0 Å². The van der Waals surface area contributed by atoms with Crippen LogP contribution in [0, 0.1) is 5.82 Å². The van der Waals surface area contributed by atoms with Gasteiger partial charge in [0.2, 0.25) is 5.91 Å². The molecule has 2 aromatic rings. The van der Waals surface area contributed by atoms with Gasteiger partial charge in [0.25, 0.3) is 5.91 Å². The summed E-state index contributed by atoms with van der Waals surface area (Å²) in [5.41, 5.74) is 1.44. The van der Waals surface area contributed by atoms with Crippen molar-refractivity contribution >= 4 is 27.7 Å². The highest BCUT2D eigenvalue weighted by Crippen LogP contribution is 2.14. The molecule has 0 radical (unpaired) electrons. The molecule has 2 aromatic carbocycles. The third kappa shape index (κ3) is 4.45. The predicted molar refractivity (Wildman–Crippen MR) is 96.7 cm³/mol. The summed E-state index contributed by atoms with van der Waals surface area (Å²) in [7, 11) is 0. The molecule has 0 atom stereocenters. The summed E-state index contributed by atoms with van der Waals surface area (Å²) in [6.07, 6.45) is 0.251. The third-order valence-corrected chi connectivity index (χ3v) is 4.81. The second kappa shape index (κ2) is 7.78. The van der Waals surface area contributed by atoms with Crippen LogP contribution in [-0.2, 0) is 11.2 Å². The molecule has 1 saturated heterocycles. The lowest BCUT2D eigenvalue weighted by atomic mass is 10.1. The Morgan fingerprint density at radius 1 is 0.880 bits per heavy atom. The highest BCUT2D eigenvalue weighted by Gasteiger charge is 2.24. The first-order valence-corrected chi connectivity index (χ1v) is 8.89. The predicted octanol–water partition coefficient (Wildman–Crippen LogP) is 3.12. The summed E-state index contributed by atoms with van der Waals surface area (Å²) in [4.78, 5) is 28.4. The van der Waals surface area contributed by atoms with E-state index in [0.29, 0.717) is 31.7 Å². The maximum Gasteiger partial charge on any atom is 0.253 e. The number of benzene rings is 2. The molecule has 0 unspecified atom stereocenters. The number of rotatable bonds is 3. The van der Waals surface area contributed by atoms with Gasteiger partial charge in [0.1, 0.15) is 5.82 Å². The number of carbonyl (C=O) groups is 2. The van der Waals surface area contributed by atoms with Gasteiger partial charge in [0, 0.05) is 36.2 Å². The van der Waals surface area contributed by atoms with E-state index < -0.39 is 0 Å². The van der Waals surface area contributed by atoms with Crippen molar-refractivity contribution in [1.82, 2.24) is 9.80 Å². The Hall–Kier alpha value is -2.21. The van der Waals surface area contributed by atoms with Crippen LogP contribution in [-0.4, -0.2) is 47.8 Å². The van der Waals surface area contributed by atoms with Crippen LogP contribution in [0.2, 0.25) is 0 Å². The standard InChI is InChI=1S/C19H18BrFN2O2/c20-16-5-3-15(4-6-16)19(25)23-11-9-22(10-12-23)18(24)13-14-1-7-17(21)8-2-14/h1-8H,9-13H2. The summed E-state index contributed by atoms with van der Waals surface area (Å²) in [5.74, 6) is -0.322. The molecule has 4 nitrogen and oxygen atoms in total. The van der Waals surface area contributed by atoms with E-state index in [1.165, 1.54) is 12.1 Å². The summed E-state index contributed by atoms with van der Waals surface area (Å²) >= 11 is 3.36. The number of piperazine rings is 1. The molecule has 1 aliphatic rings. The van der Waals surface area contributed by atoms with E-state index >= 15 is 0 Å². The molecule has 0 N–H and O–H groups in total. The second-order valence-corrected chi connectivity index (χ2v) is 6.90.